The topological polar surface area (TPSA) is 55.4 Å². The molecule has 0 saturated carbocycles. The molecule has 5 heteroatoms. The van der Waals surface area contributed by atoms with Crippen molar-refractivity contribution in [2.24, 2.45) is 5.92 Å². The molecule has 0 heterocycles. The highest BCUT2D eigenvalue weighted by atomic mass is 19.1. The van der Waals surface area contributed by atoms with Crippen molar-refractivity contribution < 1.29 is 18.7 Å². The molecule has 1 aliphatic carbocycles. The molecule has 3 rings (SSSR count). The van der Waals surface area contributed by atoms with Crippen molar-refractivity contribution in [2.75, 3.05) is 6.61 Å². The number of rotatable bonds is 4. The monoisotopic (exact) mass is 341 g/mol. The lowest BCUT2D eigenvalue weighted by Crippen LogP contribution is -2.39. The lowest BCUT2D eigenvalue weighted by Gasteiger charge is -2.31. The number of alkyl carbamates (subject to hydrolysis) is 1. The van der Waals surface area contributed by atoms with Gasteiger partial charge in [0, 0.05) is 17.0 Å². The van der Waals surface area contributed by atoms with E-state index in [1.54, 1.807) is 31.2 Å². The maximum Gasteiger partial charge on any atom is 0.407 e. The van der Waals surface area contributed by atoms with Crippen LogP contribution in [0.15, 0.2) is 48.5 Å². The summed E-state index contributed by atoms with van der Waals surface area (Å²) in [6.45, 7) is 1.90. The van der Waals surface area contributed by atoms with Crippen LogP contribution < -0.4 is 5.32 Å². The van der Waals surface area contributed by atoms with Crippen LogP contribution >= 0.6 is 0 Å². The lowest BCUT2D eigenvalue weighted by molar-refractivity contribution is 0.0857. The molecule has 0 unspecified atom stereocenters. The van der Waals surface area contributed by atoms with E-state index in [1.165, 1.54) is 6.07 Å². The van der Waals surface area contributed by atoms with E-state index in [2.05, 4.69) is 5.32 Å². The highest BCUT2D eigenvalue weighted by Gasteiger charge is 2.36. The Morgan fingerprint density at radius 3 is 2.72 bits per heavy atom. The number of fused-ring (bicyclic) bond motifs is 1. The van der Waals surface area contributed by atoms with Gasteiger partial charge in [-0.2, -0.15) is 0 Å². The quantitative estimate of drug-likeness (QED) is 0.912. The molecule has 0 aliphatic heterocycles. The maximum absolute atomic E-state index is 14.4. The largest absolute Gasteiger partial charge is 0.450 e. The molecule has 0 bridgehead atoms. The van der Waals surface area contributed by atoms with Gasteiger partial charge in [-0.15, -0.1) is 0 Å². The Kier molecular flexibility index (Phi) is 5.12. The van der Waals surface area contributed by atoms with Crippen molar-refractivity contribution in [1.82, 2.24) is 5.32 Å². The number of ketones is 1. The van der Waals surface area contributed by atoms with Crippen LogP contribution in [-0.4, -0.2) is 18.5 Å². The SMILES string of the molecule is CCOC(=O)N[C@H](c1ccccc1F)[C@@H]1CCc2ccccc2C1=O. The fourth-order valence-corrected chi connectivity index (χ4v) is 3.36. The van der Waals surface area contributed by atoms with Gasteiger partial charge in [-0.25, -0.2) is 9.18 Å². The van der Waals surface area contributed by atoms with Gasteiger partial charge in [-0.1, -0.05) is 42.5 Å². The van der Waals surface area contributed by atoms with Crippen LogP contribution in [0, 0.1) is 11.7 Å². The zero-order valence-electron chi connectivity index (χ0n) is 14.0. The average Bonchev–Trinajstić information content (AvgIpc) is 2.62. The molecule has 0 fully saturated rings. The van der Waals surface area contributed by atoms with Gasteiger partial charge in [0.2, 0.25) is 0 Å². The van der Waals surface area contributed by atoms with E-state index in [0.29, 0.717) is 24.0 Å². The Morgan fingerprint density at radius 1 is 1.24 bits per heavy atom. The number of nitrogens with one attached hydrogen (secondary N) is 1. The van der Waals surface area contributed by atoms with E-state index >= 15 is 0 Å². The van der Waals surface area contributed by atoms with E-state index in [9.17, 15) is 14.0 Å². The molecule has 130 valence electrons. The van der Waals surface area contributed by atoms with Crippen LogP contribution in [0.25, 0.3) is 0 Å². The zero-order valence-corrected chi connectivity index (χ0v) is 14.0. The number of benzene rings is 2. The Hall–Kier alpha value is -2.69. The summed E-state index contributed by atoms with van der Waals surface area (Å²) in [4.78, 5) is 24.9. The number of hydrogen-bond acceptors (Lipinski definition) is 3. The smallest absolute Gasteiger partial charge is 0.407 e. The van der Waals surface area contributed by atoms with E-state index in [1.807, 2.05) is 18.2 Å². The predicted molar refractivity (Wildman–Crippen MR) is 91.9 cm³/mol. The molecule has 1 aliphatic rings. The summed E-state index contributed by atoms with van der Waals surface area (Å²) in [5.74, 6) is -1.06. The average molecular weight is 341 g/mol. The fourth-order valence-electron chi connectivity index (χ4n) is 3.36. The molecule has 4 nitrogen and oxygen atoms in total. The van der Waals surface area contributed by atoms with Crippen molar-refractivity contribution in [2.45, 2.75) is 25.8 Å². The summed E-state index contributed by atoms with van der Waals surface area (Å²) in [6, 6.07) is 12.9. The number of carbonyl (C=O) groups excluding carboxylic acids is 2. The number of Topliss-reactive ketones (excluding diaryl/α,β-unsaturated/α-hetero) is 1. The molecule has 0 spiro atoms. The Balaban J connectivity index is 1.96. The van der Waals surface area contributed by atoms with Crippen LogP contribution in [0.2, 0.25) is 0 Å². The standard InChI is InChI=1S/C20H20FNO3/c1-2-25-20(24)22-18(15-9-5-6-10-17(15)21)16-12-11-13-7-3-4-8-14(13)19(16)23/h3-10,16,18H,2,11-12H2,1H3,(H,22,24)/t16-,18+/m0/s1. The van der Waals surface area contributed by atoms with Crippen molar-refractivity contribution >= 4 is 11.9 Å². The minimum absolute atomic E-state index is 0.0769. The molecule has 1 amide bonds. The third kappa shape index (κ3) is 3.55. The van der Waals surface area contributed by atoms with Crippen molar-refractivity contribution in [3.05, 3.63) is 71.0 Å². The molecule has 2 atom stereocenters. The number of carbonyl (C=O) groups is 2. The van der Waals surface area contributed by atoms with Crippen molar-refractivity contribution in [3.63, 3.8) is 0 Å². The van der Waals surface area contributed by atoms with Gasteiger partial charge in [0.1, 0.15) is 5.82 Å². The van der Waals surface area contributed by atoms with Gasteiger partial charge >= 0.3 is 6.09 Å². The van der Waals surface area contributed by atoms with Crippen LogP contribution in [0.4, 0.5) is 9.18 Å². The van der Waals surface area contributed by atoms with Crippen LogP contribution in [0.5, 0.6) is 0 Å². The first-order chi connectivity index (χ1) is 12.1. The van der Waals surface area contributed by atoms with Gasteiger partial charge in [0.05, 0.1) is 12.6 Å². The number of hydrogen-bond donors (Lipinski definition) is 1. The van der Waals surface area contributed by atoms with E-state index in [4.69, 9.17) is 4.74 Å². The number of aryl methyl sites for hydroxylation is 1. The van der Waals surface area contributed by atoms with Crippen LogP contribution in [-0.2, 0) is 11.2 Å². The van der Waals surface area contributed by atoms with Crippen molar-refractivity contribution in [3.8, 4) is 0 Å². The van der Waals surface area contributed by atoms with Crippen LogP contribution in [0.1, 0.15) is 40.9 Å². The second kappa shape index (κ2) is 7.47. The first-order valence-corrected chi connectivity index (χ1v) is 8.41. The van der Waals surface area contributed by atoms with Crippen molar-refractivity contribution in [1.29, 1.82) is 0 Å². The first-order valence-electron chi connectivity index (χ1n) is 8.41. The molecular formula is C20H20FNO3. The Bertz CT molecular complexity index is 790. The summed E-state index contributed by atoms with van der Waals surface area (Å²) in [5, 5.41) is 2.68. The Morgan fingerprint density at radius 2 is 1.96 bits per heavy atom. The van der Waals surface area contributed by atoms with Gasteiger partial charge in [0.15, 0.2) is 5.78 Å². The second-order valence-electron chi connectivity index (χ2n) is 6.03. The van der Waals surface area contributed by atoms with Crippen LogP contribution in [0.3, 0.4) is 0 Å². The van der Waals surface area contributed by atoms with Gasteiger partial charge < -0.3 is 10.1 Å². The molecule has 25 heavy (non-hydrogen) atoms. The Labute approximate surface area is 146 Å². The summed E-state index contributed by atoms with van der Waals surface area (Å²) in [6.07, 6.45) is 0.603. The highest BCUT2D eigenvalue weighted by Crippen LogP contribution is 2.35. The molecule has 0 saturated heterocycles. The summed E-state index contributed by atoms with van der Waals surface area (Å²) in [7, 11) is 0. The first kappa shape index (κ1) is 17.1. The number of ether oxygens (including phenoxy) is 1. The normalized spacial score (nSPS) is 17.5. The lowest BCUT2D eigenvalue weighted by atomic mass is 9.77. The highest BCUT2D eigenvalue weighted by molar-refractivity contribution is 6.00. The number of amides is 1. The maximum atomic E-state index is 14.4. The zero-order chi connectivity index (χ0) is 17.8. The number of halogens is 1. The fraction of sp³-hybridized carbons (Fsp3) is 0.300. The van der Waals surface area contributed by atoms with Gasteiger partial charge in [-0.3, -0.25) is 4.79 Å². The minimum Gasteiger partial charge on any atom is -0.450 e. The molecule has 2 aromatic carbocycles. The third-order valence-corrected chi connectivity index (χ3v) is 4.54. The predicted octanol–water partition coefficient (Wildman–Crippen LogP) is 4.06. The van der Waals surface area contributed by atoms with E-state index in [0.717, 1.165) is 5.56 Å². The van der Waals surface area contributed by atoms with Gasteiger partial charge in [-0.05, 0) is 31.4 Å². The molecule has 0 radical (unpaired) electrons. The minimum atomic E-state index is -0.763. The second-order valence-corrected chi connectivity index (χ2v) is 6.03. The summed E-state index contributed by atoms with van der Waals surface area (Å²) in [5.41, 5.74) is 1.94. The third-order valence-electron chi connectivity index (χ3n) is 4.54. The molecule has 0 aromatic heterocycles. The van der Waals surface area contributed by atoms with Gasteiger partial charge in [0.25, 0.3) is 0 Å². The van der Waals surface area contributed by atoms with E-state index in [-0.39, 0.29) is 12.4 Å². The molecular weight excluding hydrogens is 321 g/mol. The van der Waals surface area contributed by atoms with E-state index < -0.39 is 23.9 Å². The summed E-state index contributed by atoms with van der Waals surface area (Å²) >= 11 is 0. The molecule has 2 aromatic rings. The molecule has 1 N–H and O–H groups in total. The summed E-state index contributed by atoms with van der Waals surface area (Å²) < 4.78 is 19.3.